The molecule has 5 heteroatoms. The SMILES string of the molecule is C=C(Cl)COC(=O)[C@@H]1[C@@H](C(=O)O)[C@@H]2C=C[C@@H]1C2. The van der Waals surface area contributed by atoms with E-state index >= 15 is 0 Å². The Morgan fingerprint density at radius 3 is 2.47 bits per heavy atom. The molecule has 4 atom stereocenters. The van der Waals surface area contributed by atoms with Crippen LogP contribution >= 0.6 is 11.6 Å². The van der Waals surface area contributed by atoms with Crippen molar-refractivity contribution in [3.05, 3.63) is 23.8 Å². The van der Waals surface area contributed by atoms with Crippen molar-refractivity contribution in [2.24, 2.45) is 23.7 Å². The molecule has 0 amide bonds. The number of carboxylic acid groups (broad SMARTS) is 1. The molecule has 0 radical (unpaired) electrons. The first-order valence-electron chi connectivity index (χ1n) is 5.41. The van der Waals surface area contributed by atoms with Crippen molar-refractivity contribution in [1.29, 1.82) is 0 Å². The molecular formula is C12H13ClO4. The third-order valence-electron chi connectivity index (χ3n) is 3.39. The van der Waals surface area contributed by atoms with E-state index < -0.39 is 23.8 Å². The number of fused-ring (bicyclic) bond motifs is 2. The van der Waals surface area contributed by atoms with Gasteiger partial charge >= 0.3 is 11.9 Å². The van der Waals surface area contributed by atoms with E-state index in [-0.39, 0.29) is 23.5 Å². The number of aliphatic carboxylic acids is 1. The van der Waals surface area contributed by atoms with Gasteiger partial charge in [0, 0.05) is 5.03 Å². The predicted molar refractivity (Wildman–Crippen MR) is 61.3 cm³/mol. The Labute approximate surface area is 104 Å². The third-order valence-corrected chi connectivity index (χ3v) is 3.50. The molecular weight excluding hydrogens is 244 g/mol. The predicted octanol–water partition coefficient (Wildman–Crippen LogP) is 1.80. The van der Waals surface area contributed by atoms with E-state index in [9.17, 15) is 9.59 Å². The standard InChI is InChI=1S/C12H13ClO4/c1-6(13)5-17-12(16)10-8-3-2-7(4-8)9(10)11(14)15/h2-3,7-10H,1,4-5H2,(H,14,15)/t7-,8-,9+,10+/m1/s1. The molecule has 92 valence electrons. The van der Waals surface area contributed by atoms with Crippen LogP contribution in [0.1, 0.15) is 6.42 Å². The molecule has 2 bridgehead atoms. The van der Waals surface area contributed by atoms with Gasteiger partial charge in [0.1, 0.15) is 6.61 Å². The normalized spacial score (nSPS) is 33.7. The topological polar surface area (TPSA) is 63.6 Å². The summed E-state index contributed by atoms with van der Waals surface area (Å²) in [6.45, 7) is 3.35. The van der Waals surface area contributed by atoms with Crippen molar-refractivity contribution in [3.8, 4) is 0 Å². The van der Waals surface area contributed by atoms with Crippen molar-refractivity contribution >= 4 is 23.5 Å². The molecule has 1 fully saturated rings. The maximum Gasteiger partial charge on any atom is 0.310 e. The molecule has 17 heavy (non-hydrogen) atoms. The van der Waals surface area contributed by atoms with Crippen molar-refractivity contribution in [3.63, 3.8) is 0 Å². The minimum absolute atomic E-state index is 0.0165. The van der Waals surface area contributed by atoms with Gasteiger partial charge in [-0.2, -0.15) is 0 Å². The summed E-state index contributed by atoms with van der Waals surface area (Å²) in [6, 6.07) is 0. The van der Waals surface area contributed by atoms with Gasteiger partial charge in [-0.25, -0.2) is 0 Å². The van der Waals surface area contributed by atoms with Gasteiger partial charge in [0.15, 0.2) is 0 Å². The van der Waals surface area contributed by atoms with Crippen LogP contribution in [0.3, 0.4) is 0 Å². The van der Waals surface area contributed by atoms with Gasteiger partial charge < -0.3 is 9.84 Å². The maximum absolute atomic E-state index is 11.8. The van der Waals surface area contributed by atoms with Crippen molar-refractivity contribution < 1.29 is 19.4 Å². The molecule has 4 nitrogen and oxygen atoms in total. The van der Waals surface area contributed by atoms with Crippen molar-refractivity contribution in [1.82, 2.24) is 0 Å². The molecule has 2 aliphatic carbocycles. The Kier molecular flexibility index (Phi) is 3.24. The second-order valence-corrected chi connectivity index (χ2v) is 5.00. The van der Waals surface area contributed by atoms with Gasteiger partial charge in [0.2, 0.25) is 0 Å². The van der Waals surface area contributed by atoms with E-state index in [0.717, 1.165) is 6.42 Å². The summed E-state index contributed by atoms with van der Waals surface area (Å²) in [5, 5.41) is 9.37. The highest BCUT2D eigenvalue weighted by Gasteiger charge is 2.52. The summed E-state index contributed by atoms with van der Waals surface area (Å²) in [4.78, 5) is 23.0. The molecule has 0 unspecified atom stereocenters. The fourth-order valence-electron chi connectivity index (χ4n) is 2.73. The van der Waals surface area contributed by atoms with Crippen LogP contribution in [0.25, 0.3) is 0 Å². The number of carboxylic acids is 1. The van der Waals surface area contributed by atoms with Crippen LogP contribution in [0, 0.1) is 23.7 Å². The van der Waals surface area contributed by atoms with Gasteiger partial charge in [-0.3, -0.25) is 9.59 Å². The first-order chi connectivity index (χ1) is 8.00. The Bertz CT molecular complexity index is 401. The molecule has 0 saturated heterocycles. The van der Waals surface area contributed by atoms with Crippen molar-refractivity contribution in [2.75, 3.05) is 6.61 Å². The average molecular weight is 257 g/mol. The number of carbonyl (C=O) groups excluding carboxylic acids is 1. The van der Waals surface area contributed by atoms with Crippen LogP contribution in [0.5, 0.6) is 0 Å². The lowest BCUT2D eigenvalue weighted by Crippen LogP contribution is -2.34. The van der Waals surface area contributed by atoms with Crippen LogP contribution in [0.4, 0.5) is 0 Å². The zero-order valence-electron chi connectivity index (χ0n) is 9.14. The molecule has 0 aliphatic heterocycles. The highest BCUT2D eigenvalue weighted by Crippen LogP contribution is 2.48. The summed E-state index contributed by atoms with van der Waals surface area (Å²) in [5.41, 5.74) is 0. The lowest BCUT2D eigenvalue weighted by atomic mass is 9.83. The number of allylic oxidation sites excluding steroid dienone is 2. The Balaban J connectivity index is 2.08. The van der Waals surface area contributed by atoms with E-state index in [1.807, 2.05) is 12.2 Å². The number of hydrogen-bond acceptors (Lipinski definition) is 3. The number of carbonyl (C=O) groups is 2. The average Bonchev–Trinajstić information content (AvgIpc) is 2.84. The van der Waals surface area contributed by atoms with E-state index in [1.165, 1.54) is 0 Å². The highest BCUT2D eigenvalue weighted by molar-refractivity contribution is 6.29. The fraction of sp³-hybridized carbons (Fsp3) is 0.500. The molecule has 0 heterocycles. The van der Waals surface area contributed by atoms with E-state index in [4.69, 9.17) is 21.4 Å². The summed E-state index contributed by atoms with van der Waals surface area (Å²) in [5.74, 6) is -2.74. The Morgan fingerprint density at radius 1 is 1.35 bits per heavy atom. The van der Waals surface area contributed by atoms with Gasteiger partial charge in [-0.1, -0.05) is 30.3 Å². The van der Waals surface area contributed by atoms with E-state index in [0.29, 0.717) is 0 Å². The zero-order chi connectivity index (χ0) is 12.6. The lowest BCUT2D eigenvalue weighted by Gasteiger charge is -2.22. The zero-order valence-corrected chi connectivity index (χ0v) is 9.89. The number of rotatable bonds is 4. The number of ether oxygens (including phenoxy) is 1. The Hall–Kier alpha value is -1.29. The van der Waals surface area contributed by atoms with Gasteiger partial charge in [-0.15, -0.1) is 0 Å². The lowest BCUT2D eigenvalue weighted by molar-refractivity contribution is -0.157. The van der Waals surface area contributed by atoms with E-state index in [1.54, 1.807) is 0 Å². The fourth-order valence-corrected chi connectivity index (χ4v) is 2.78. The molecule has 1 saturated carbocycles. The molecule has 0 aromatic rings. The van der Waals surface area contributed by atoms with Crippen LogP contribution in [-0.4, -0.2) is 23.7 Å². The number of esters is 1. The van der Waals surface area contributed by atoms with Gasteiger partial charge in [-0.05, 0) is 18.3 Å². The molecule has 2 aliphatic rings. The maximum atomic E-state index is 11.8. The minimum Gasteiger partial charge on any atom is -0.481 e. The number of hydrogen-bond donors (Lipinski definition) is 1. The van der Waals surface area contributed by atoms with E-state index in [2.05, 4.69) is 6.58 Å². The summed E-state index contributed by atoms with van der Waals surface area (Å²) < 4.78 is 4.95. The Morgan fingerprint density at radius 2 is 1.94 bits per heavy atom. The molecule has 0 aromatic carbocycles. The second-order valence-electron chi connectivity index (χ2n) is 4.46. The summed E-state index contributed by atoms with van der Waals surface area (Å²) in [7, 11) is 0. The summed E-state index contributed by atoms with van der Waals surface area (Å²) in [6.07, 6.45) is 4.51. The monoisotopic (exact) mass is 256 g/mol. The van der Waals surface area contributed by atoms with Crippen LogP contribution in [0.15, 0.2) is 23.8 Å². The largest absolute Gasteiger partial charge is 0.481 e. The number of halogens is 1. The smallest absolute Gasteiger partial charge is 0.310 e. The first kappa shape index (κ1) is 12.2. The van der Waals surface area contributed by atoms with Crippen LogP contribution in [-0.2, 0) is 14.3 Å². The molecule has 0 aromatic heterocycles. The molecule has 2 rings (SSSR count). The first-order valence-corrected chi connectivity index (χ1v) is 5.79. The van der Waals surface area contributed by atoms with Crippen LogP contribution < -0.4 is 0 Å². The van der Waals surface area contributed by atoms with Gasteiger partial charge in [0.25, 0.3) is 0 Å². The quantitative estimate of drug-likeness (QED) is 0.615. The van der Waals surface area contributed by atoms with Gasteiger partial charge in [0.05, 0.1) is 11.8 Å². The molecule has 0 spiro atoms. The molecule has 1 N–H and O–H groups in total. The summed E-state index contributed by atoms with van der Waals surface area (Å²) >= 11 is 5.50. The second kappa shape index (κ2) is 4.53. The van der Waals surface area contributed by atoms with Crippen LogP contribution in [0.2, 0.25) is 0 Å². The van der Waals surface area contributed by atoms with Crippen molar-refractivity contribution in [2.45, 2.75) is 6.42 Å². The minimum atomic E-state index is -0.937. The third kappa shape index (κ3) is 2.22. The highest BCUT2D eigenvalue weighted by atomic mass is 35.5.